The van der Waals surface area contributed by atoms with Crippen molar-refractivity contribution in [3.05, 3.63) is 35.9 Å². The molecule has 3 rings (SSSR count). The zero-order chi connectivity index (χ0) is 15.0. The second kappa shape index (κ2) is 5.42. The number of sulfone groups is 1. The lowest BCUT2D eigenvalue weighted by molar-refractivity contribution is -0.132. The van der Waals surface area contributed by atoms with Crippen LogP contribution in [0.4, 0.5) is 0 Å². The normalized spacial score (nSPS) is 31.8. The largest absolute Gasteiger partial charge is 0.318 e. The van der Waals surface area contributed by atoms with Gasteiger partial charge in [0.1, 0.15) is 6.17 Å². The van der Waals surface area contributed by atoms with Gasteiger partial charge in [-0.15, -0.1) is 0 Å². The van der Waals surface area contributed by atoms with E-state index in [2.05, 4.69) is 5.32 Å². The van der Waals surface area contributed by atoms with Gasteiger partial charge in [0.25, 0.3) is 0 Å². The van der Waals surface area contributed by atoms with E-state index in [4.69, 9.17) is 0 Å². The SMILES string of the molecule is CCC1NC(c2ccccc2)N(C2CCS(=O)(=O)C2)C1=O. The van der Waals surface area contributed by atoms with E-state index in [1.165, 1.54) is 0 Å². The lowest BCUT2D eigenvalue weighted by Gasteiger charge is -2.29. The summed E-state index contributed by atoms with van der Waals surface area (Å²) < 4.78 is 23.5. The Morgan fingerprint density at radius 3 is 2.57 bits per heavy atom. The molecule has 114 valence electrons. The standard InChI is InChI=1S/C15H20N2O3S/c1-2-13-15(18)17(12-8-9-21(19,20)10-12)14(16-13)11-6-4-3-5-7-11/h3-7,12-14,16H,2,8-10H2,1H3. The van der Waals surface area contributed by atoms with Gasteiger partial charge in [-0.2, -0.15) is 0 Å². The zero-order valence-corrected chi connectivity index (χ0v) is 12.8. The van der Waals surface area contributed by atoms with Crippen molar-refractivity contribution in [1.29, 1.82) is 0 Å². The van der Waals surface area contributed by atoms with Gasteiger partial charge < -0.3 is 4.90 Å². The summed E-state index contributed by atoms with van der Waals surface area (Å²) in [4.78, 5) is 14.3. The number of nitrogens with zero attached hydrogens (tertiary/aromatic N) is 1. The van der Waals surface area contributed by atoms with E-state index in [-0.39, 0.29) is 35.7 Å². The first kappa shape index (κ1) is 14.5. The van der Waals surface area contributed by atoms with Crippen molar-refractivity contribution in [1.82, 2.24) is 10.2 Å². The maximum Gasteiger partial charge on any atom is 0.241 e. The molecule has 0 bridgehead atoms. The monoisotopic (exact) mass is 308 g/mol. The summed E-state index contributed by atoms with van der Waals surface area (Å²) in [6, 6.07) is 9.31. The Kier molecular flexibility index (Phi) is 3.75. The summed E-state index contributed by atoms with van der Waals surface area (Å²) >= 11 is 0. The average Bonchev–Trinajstić information content (AvgIpc) is 2.99. The third-order valence-corrected chi connectivity index (χ3v) is 6.07. The molecule has 1 N–H and O–H groups in total. The lowest BCUT2D eigenvalue weighted by Crippen LogP contribution is -2.40. The van der Waals surface area contributed by atoms with Crippen molar-refractivity contribution in [2.24, 2.45) is 0 Å². The van der Waals surface area contributed by atoms with Crippen molar-refractivity contribution in [3.63, 3.8) is 0 Å². The minimum Gasteiger partial charge on any atom is -0.318 e. The Hall–Kier alpha value is -1.40. The van der Waals surface area contributed by atoms with Crippen LogP contribution in [0.3, 0.4) is 0 Å². The Labute approximate surface area is 125 Å². The predicted molar refractivity (Wildman–Crippen MR) is 80.3 cm³/mol. The van der Waals surface area contributed by atoms with E-state index >= 15 is 0 Å². The average molecular weight is 308 g/mol. The summed E-state index contributed by atoms with van der Waals surface area (Å²) in [5, 5.41) is 3.34. The molecule has 3 atom stereocenters. The van der Waals surface area contributed by atoms with E-state index in [0.29, 0.717) is 12.8 Å². The predicted octanol–water partition coefficient (Wildman–Crippen LogP) is 1.08. The van der Waals surface area contributed by atoms with Gasteiger partial charge in [0.05, 0.1) is 17.5 Å². The quantitative estimate of drug-likeness (QED) is 0.907. The van der Waals surface area contributed by atoms with Crippen LogP contribution in [0.25, 0.3) is 0 Å². The topological polar surface area (TPSA) is 66.5 Å². The van der Waals surface area contributed by atoms with Crippen molar-refractivity contribution in [2.45, 2.75) is 38.0 Å². The minimum atomic E-state index is -3.01. The summed E-state index contributed by atoms with van der Waals surface area (Å²) in [7, 11) is -3.01. The molecule has 1 aromatic rings. The maximum absolute atomic E-state index is 12.6. The van der Waals surface area contributed by atoms with Gasteiger partial charge in [-0.25, -0.2) is 8.42 Å². The van der Waals surface area contributed by atoms with Gasteiger partial charge in [0.15, 0.2) is 9.84 Å². The number of rotatable bonds is 3. The molecule has 2 fully saturated rings. The highest BCUT2D eigenvalue weighted by molar-refractivity contribution is 7.91. The molecule has 5 nitrogen and oxygen atoms in total. The first-order valence-corrected chi connectivity index (χ1v) is 9.17. The van der Waals surface area contributed by atoms with E-state index in [0.717, 1.165) is 5.56 Å². The fourth-order valence-corrected chi connectivity index (χ4v) is 4.93. The van der Waals surface area contributed by atoms with Crippen molar-refractivity contribution < 1.29 is 13.2 Å². The van der Waals surface area contributed by atoms with Gasteiger partial charge >= 0.3 is 0 Å². The van der Waals surface area contributed by atoms with Crippen LogP contribution in [0.15, 0.2) is 30.3 Å². The van der Waals surface area contributed by atoms with E-state index < -0.39 is 9.84 Å². The Bertz CT molecular complexity index is 630. The first-order valence-electron chi connectivity index (χ1n) is 7.35. The van der Waals surface area contributed by atoms with Gasteiger partial charge in [0.2, 0.25) is 5.91 Å². The van der Waals surface area contributed by atoms with Crippen LogP contribution in [-0.4, -0.2) is 42.8 Å². The van der Waals surface area contributed by atoms with E-state index in [1.54, 1.807) is 4.90 Å². The first-order chi connectivity index (χ1) is 10.0. The van der Waals surface area contributed by atoms with Crippen molar-refractivity contribution in [3.8, 4) is 0 Å². The molecule has 2 heterocycles. The van der Waals surface area contributed by atoms with Gasteiger partial charge in [-0.3, -0.25) is 10.1 Å². The number of nitrogens with one attached hydrogen (secondary N) is 1. The number of benzene rings is 1. The molecule has 1 amide bonds. The highest BCUT2D eigenvalue weighted by Gasteiger charge is 2.45. The Morgan fingerprint density at radius 2 is 2.00 bits per heavy atom. The number of hydrogen-bond acceptors (Lipinski definition) is 4. The smallest absolute Gasteiger partial charge is 0.241 e. The van der Waals surface area contributed by atoms with Crippen LogP contribution < -0.4 is 5.32 Å². The molecule has 2 aliphatic rings. The molecule has 6 heteroatoms. The Morgan fingerprint density at radius 1 is 1.29 bits per heavy atom. The van der Waals surface area contributed by atoms with Crippen LogP contribution in [0.1, 0.15) is 31.5 Å². The number of amides is 1. The molecule has 0 spiro atoms. The molecule has 1 aromatic carbocycles. The molecule has 2 saturated heterocycles. The zero-order valence-electron chi connectivity index (χ0n) is 12.0. The molecule has 2 aliphatic heterocycles. The van der Waals surface area contributed by atoms with Crippen LogP contribution in [0.2, 0.25) is 0 Å². The molecule has 21 heavy (non-hydrogen) atoms. The summed E-state index contributed by atoms with van der Waals surface area (Å²) in [5.41, 5.74) is 1.01. The summed E-state index contributed by atoms with van der Waals surface area (Å²) in [5.74, 6) is 0.286. The van der Waals surface area contributed by atoms with Crippen LogP contribution in [0, 0.1) is 0 Å². The number of carbonyl (C=O) groups is 1. The van der Waals surface area contributed by atoms with Gasteiger partial charge in [-0.05, 0) is 18.4 Å². The molecule has 0 aliphatic carbocycles. The second-order valence-electron chi connectivity index (χ2n) is 5.74. The second-order valence-corrected chi connectivity index (χ2v) is 7.97. The molecule has 0 saturated carbocycles. The van der Waals surface area contributed by atoms with Crippen molar-refractivity contribution >= 4 is 15.7 Å². The summed E-state index contributed by atoms with van der Waals surface area (Å²) in [6.45, 7) is 1.96. The van der Waals surface area contributed by atoms with Crippen molar-refractivity contribution in [2.75, 3.05) is 11.5 Å². The minimum absolute atomic E-state index is 0.0217. The third-order valence-electron chi connectivity index (χ3n) is 4.32. The number of hydrogen-bond donors (Lipinski definition) is 1. The molecular formula is C15H20N2O3S. The summed E-state index contributed by atoms with van der Waals surface area (Å²) in [6.07, 6.45) is 1.02. The molecular weight excluding hydrogens is 288 g/mol. The third kappa shape index (κ3) is 2.70. The molecule has 0 radical (unpaired) electrons. The fourth-order valence-electron chi connectivity index (χ4n) is 3.22. The molecule has 0 aromatic heterocycles. The van der Waals surface area contributed by atoms with E-state index in [1.807, 2.05) is 37.3 Å². The highest BCUT2D eigenvalue weighted by Crippen LogP contribution is 2.32. The van der Waals surface area contributed by atoms with Crippen LogP contribution >= 0.6 is 0 Å². The molecule has 3 unspecified atom stereocenters. The number of carbonyl (C=O) groups excluding carboxylic acids is 1. The van der Waals surface area contributed by atoms with E-state index in [9.17, 15) is 13.2 Å². The van der Waals surface area contributed by atoms with Crippen LogP contribution in [0.5, 0.6) is 0 Å². The van der Waals surface area contributed by atoms with Gasteiger partial charge in [-0.1, -0.05) is 37.3 Å². The Balaban J connectivity index is 1.92. The fraction of sp³-hybridized carbons (Fsp3) is 0.533. The maximum atomic E-state index is 12.6. The highest BCUT2D eigenvalue weighted by atomic mass is 32.2. The lowest BCUT2D eigenvalue weighted by atomic mass is 10.1. The van der Waals surface area contributed by atoms with Crippen LogP contribution in [-0.2, 0) is 14.6 Å². The van der Waals surface area contributed by atoms with Gasteiger partial charge in [0, 0.05) is 6.04 Å².